The van der Waals surface area contributed by atoms with Crippen LogP contribution in [0.1, 0.15) is 46.8 Å². The summed E-state index contributed by atoms with van der Waals surface area (Å²) in [5.41, 5.74) is 4.43. The second kappa shape index (κ2) is 10.9. The van der Waals surface area contributed by atoms with Crippen molar-refractivity contribution in [2.24, 2.45) is 5.92 Å². The minimum Gasteiger partial charge on any atom is -0.379 e. The van der Waals surface area contributed by atoms with Gasteiger partial charge in [0, 0.05) is 38.3 Å². The highest BCUT2D eigenvalue weighted by Crippen LogP contribution is 2.20. The van der Waals surface area contributed by atoms with Gasteiger partial charge in [-0.25, -0.2) is 0 Å². The van der Waals surface area contributed by atoms with Crippen LogP contribution in [0, 0.1) is 5.92 Å². The largest absolute Gasteiger partial charge is 0.379 e. The number of carbonyl (C=O) groups is 1. The number of nitrogens with one attached hydrogen (secondary N) is 1. The van der Waals surface area contributed by atoms with Crippen LogP contribution < -0.4 is 5.32 Å². The Morgan fingerprint density at radius 3 is 2.42 bits per heavy atom. The van der Waals surface area contributed by atoms with Gasteiger partial charge < -0.3 is 10.1 Å². The molecule has 0 unspecified atom stereocenters. The average molecular weight is 422 g/mol. The lowest BCUT2D eigenvalue weighted by molar-refractivity contribution is 0.0342. The van der Waals surface area contributed by atoms with Crippen molar-refractivity contribution in [2.45, 2.75) is 39.4 Å². The number of piperidine rings is 1. The van der Waals surface area contributed by atoms with E-state index in [-0.39, 0.29) is 5.91 Å². The van der Waals surface area contributed by atoms with Gasteiger partial charge in [0.2, 0.25) is 0 Å². The fraction of sp³-hybridized carbons (Fsp3) is 0.500. The van der Waals surface area contributed by atoms with Crippen LogP contribution in [0.5, 0.6) is 0 Å². The first kappa shape index (κ1) is 22.0. The quantitative estimate of drug-likeness (QED) is 0.741. The second-order valence-electron chi connectivity index (χ2n) is 9.00. The van der Waals surface area contributed by atoms with Gasteiger partial charge in [0.15, 0.2) is 0 Å². The molecule has 0 aromatic heterocycles. The number of hydrogen-bond acceptors (Lipinski definition) is 4. The summed E-state index contributed by atoms with van der Waals surface area (Å²) in [7, 11) is 0. The van der Waals surface area contributed by atoms with E-state index in [1.165, 1.54) is 29.5 Å². The van der Waals surface area contributed by atoms with E-state index in [1.54, 1.807) is 0 Å². The van der Waals surface area contributed by atoms with Crippen molar-refractivity contribution < 1.29 is 9.53 Å². The van der Waals surface area contributed by atoms with Crippen LogP contribution in [0.25, 0.3) is 0 Å². The number of carbonyl (C=O) groups excluding carboxylic acids is 1. The van der Waals surface area contributed by atoms with E-state index in [4.69, 9.17) is 4.74 Å². The van der Waals surface area contributed by atoms with Gasteiger partial charge in [-0.05, 0) is 60.7 Å². The Kier molecular flexibility index (Phi) is 7.73. The molecule has 1 amide bonds. The van der Waals surface area contributed by atoms with E-state index in [0.29, 0.717) is 6.54 Å². The maximum Gasteiger partial charge on any atom is 0.251 e. The van der Waals surface area contributed by atoms with Crippen molar-refractivity contribution in [3.05, 3.63) is 70.8 Å². The topological polar surface area (TPSA) is 44.8 Å². The maximum absolute atomic E-state index is 12.8. The normalized spacial score (nSPS) is 18.7. The molecule has 0 radical (unpaired) electrons. The van der Waals surface area contributed by atoms with Crippen molar-refractivity contribution in [3.8, 4) is 0 Å². The number of nitrogens with zero attached hydrogens (tertiary/aromatic N) is 2. The molecule has 31 heavy (non-hydrogen) atoms. The van der Waals surface area contributed by atoms with Crippen molar-refractivity contribution >= 4 is 5.91 Å². The van der Waals surface area contributed by atoms with Crippen molar-refractivity contribution in [1.29, 1.82) is 0 Å². The Bertz CT molecular complexity index is 855. The number of rotatable bonds is 7. The van der Waals surface area contributed by atoms with Gasteiger partial charge in [0.05, 0.1) is 13.2 Å². The molecule has 2 fully saturated rings. The summed E-state index contributed by atoms with van der Waals surface area (Å²) in [6, 6.07) is 16.5. The van der Waals surface area contributed by atoms with E-state index in [9.17, 15) is 4.79 Å². The predicted molar refractivity (Wildman–Crippen MR) is 124 cm³/mol. The molecular weight excluding hydrogens is 386 g/mol. The molecule has 0 saturated carbocycles. The molecule has 1 N–H and O–H groups in total. The fourth-order valence-electron chi connectivity index (χ4n) is 4.45. The zero-order chi connectivity index (χ0) is 21.5. The van der Waals surface area contributed by atoms with Crippen LogP contribution in [0.4, 0.5) is 0 Å². The van der Waals surface area contributed by atoms with Crippen LogP contribution in [0.3, 0.4) is 0 Å². The van der Waals surface area contributed by atoms with Gasteiger partial charge in [-0.1, -0.05) is 43.3 Å². The first-order chi connectivity index (χ1) is 15.2. The molecule has 2 aromatic rings. The van der Waals surface area contributed by atoms with Crippen LogP contribution in [0.15, 0.2) is 48.5 Å². The highest BCUT2D eigenvalue weighted by Gasteiger charge is 2.17. The molecule has 166 valence electrons. The van der Waals surface area contributed by atoms with E-state index < -0.39 is 0 Å². The predicted octanol–water partition coefficient (Wildman–Crippen LogP) is 3.68. The molecule has 0 aliphatic carbocycles. The lowest BCUT2D eigenvalue weighted by atomic mass is 9.98. The molecule has 2 heterocycles. The van der Waals surface area contributed by atoms with Crippen molar-refractivity contribution in [3.63, 3.8) is 0 Å². The third-order valence-electron chi connectivity index (χ3n) is 6.53. The molecule has 0 atom stereocenters. The second-order valence-corrected chi connectivity index (χ2v) is 9.00. The molecule has 0 spiro atoms. The highest BCUT2D eigenvalue weighted by molar-refractivity contribution is 5.94. The third kappa shape index (κ3) is 6.39. The number of benzene rings is 2. The summed E-state index contributed by atoms with van der Waals surface area (Å²) in [5.74, 6) is 0.829. The van der Waals surface area contributed by atoms with Crippen molar-refractivity contribution in [2.75, 3.05) is 39.4 Å². The lowest BCUT2D eigenvalue weighted by Crippen LogP contribution is -2.35. The van der Waals surface area contributed by atoms with Gasteiger partial charge in [-0.15, -0.1) is 0 Å². The highest BCUT2D eigenvalue weighted by atomic mass is 16.5. The minimum atomic E-state index is -0.00886. The monoisotopic (exact) mass is 421 g/mol. The Hall–Kier alpha value is -2.21. The Balaban J connectivity index is 1.34. The summed E-state index contributed by atoms with van der Waals surface area (Å²) < 4.78 is 5.43. The summed E-state index contributed by atoms with van der Waals surface area (Å²) in [4.78, 5) is 17.8. The average Bonchev–Trinajstić information content (AvgIpc) is 2.81. The molecular formula is C26H35N3O2. The molecule has 5 nitrogen and oxygen atoms in total. The van der Waals surface area contributed by atoms with Gasteiger partial charge in [0.25, 0.3) is 5.91 Å². The molecule has 5 heteroatoms. The zero-order valence-electron chi connectivity index (χ0n) is 18.7. The van der Waals surface area contributed by atoms with Crippen LogP contribution in [-0.4, -0.2) is 55.1 Å². The maximum atomic E-state index is 12.8. The standard InChI is InChI=1S/C26H35N3O2/c1-21-9-11-28(12-10-21)20-25-7-3-2-6-24(25)18-27-26(30)23-8-4-5-22(17-23)19-29-13-15-31-16-14-29/h2-8,17,21H,9-16,18-20H2,1H3,(H,27,30). The molecule has 2 aliphatic heterocycles. The van der Waals surface area contributed by atoms with E-state index in [1.807, 2.05) is 18.2 Å². The van der Waals surface area contributed by atoms with Crippen LogP contribution in [-0.2, 0) is 24.4 Å². The summed E-state index contributed by atoms with van der Waals surface area (Å²) in [5, 5.41) is 3.14. The van der Waals surface area contributed by atoms with Crippen molar-refractivity contribution in [1.82, 2.24) is 15.1 Å². The first-order valence-electron chi connectivity index (χ1n) is 11.6. The zero-order valence-corrected chi connectivity index (χ0v) is 18.7. The number of likely N-dealkylation sites (tertiary alicyclic amines) is 1. The number of amides is 1. The molecule has 2 aromatic carbocycles. The number of hydrogen-bond donors (Lipinski definition) is 1. The number of ether oxygens (including phenoxy) is 1. The van der Waals surface area contributed by atoms with Gasteiger partial charge in [0.1, 0.15) is 0 Å². The van der Waals surface area contributed by atoms with E-state index in [0.717, 1.165) is 64.0 Å². The number of morpholine rings is 1. The van der Waals surface area contributed by atoms with E-state index >= 15 is 0 Å². The smallest absolute Gasteiger partial charge is 0.251 e. The molecule has 4 rings (SSSR count). The lowest BCUT2D eigenvalue weighted by Gasteiger charge is -2.30. The summed E-state index contributed by atoms with van der Waals surface area (Å²) >= 11 is 0. The SMILES string of the molecule is CC1CCN(Cc2ccccc2CNC(=O)c2cccc(CN3CCOCC3)c2)CC1. The van der Waals surface area contributed by atoms with Gasteiger partial charge in [-0.3, -0.25) is 14.6 Å². The molecule has 2 saturated heterocycles. The Morgan fingerprint density at radius 2 is 1.65 bits per heavy atom. The first-order valence-corrected chi connectivity index (χ1v) is 11.6. The Morgan fingerprint density at radius 1 is 0.935 bits per heavy atom. The molecule has 2 aliphatic rings. The third-order valence-corrected chi connectivity index (χ3v) is 6.53. The molecule has 0 bridgehead atoms. The van der Waals surface area contributed by atoms with E-state index in [2.05, 4.69) is 52.4 Å². The van der Waals surface area contributed by atoms with Crippen LogP contribution >= 0.6 is 0 Å². The Labute approximate surface area is 186 Å². The van der Waals surface area contributed by atoms with Gasteiger partial charge >= 0.3 is 0 Å². The summed E-state index contributed by atoms with van der Waals surface area (Å²) in [6.07, 6.45) is 2.55. The van der Waals surface area contributed by atoms with Crippen LogP contribution in [0.2, 0.25) is 0 Å². The van der Waals surface area contributed by atoms with Gasteiger partial charge in [-0.2, -0.15) is 0 Å². The minimum absolute atomic E-state index is 0.00886. The fourth-order valence-corrected chi connectivity index (χ4v) is 4.45. The summed E-state index contributed by atoms with van der Waals surface area (Å²) in [6.45, 7) is 10.5.